The zero-order valence-electron chi connectivity index (χ0n) is 36.4. The molecule has 1 aliphatic rings. The molecule has 0 saturated carbocycles. The van der Waals surface area contributed by atoms with Crippen molar-refractivity contribution in [3.63, 3.8) is 0 Å². The van der Waals surface area contributed by atoms with Crippen molar-refractivity contribution in [2.24, 2.45) is 0 Å². The van der Waals surface area contributed by atoms with E-state index in [9.17, 15) is 0 Å². The number of nitrogens with zero attached hydrogens (tertiary/aromatic N) is 1. The lowest BCUT2D eigenvalue weighted by Crippen LogP contribution is -2.11. The standard InChI is InChI=1S/C64H45NO/c1-2-12-44(13-3-1)46-28-31-50(32-29-46)58-18-6-8-21-61(58)65(57-40-36-51(37-41-57)59-20-11-23-63-64(59)60-19-7-9-22-62(60)66-63)56-38-34-48(35-39-56)47-24-26-49(27-25-47)53-16-10-17-54(42-53)55-33-30-45-14-4-5-15-52(45)43-55/h1-6,8-18,20-43H,7,19H2. The number of allylic oxidation sites excluding steroid dienone is 1. The van der Waals surface area contributed by atoms with E-state index in [0.29, 0.717) is 0 Å². The van der Waals surface area contributed by atoms with Gasteiger partial charge in [-0.15, -0.1) is 0 Å². The fraction of sp³-hybridized carbons (Fsp3) is 0.0312. The van der Waals surface area contributed by atoms with Gasteiger partial charge in [0.05, 0.1) is 5.69 Å². The van der Waals surface area contributed by atoms with Crippen molar-refractivity contribution in [1.82, 2.24) is 0 Å². The normalized spacial score (nSPS) is 12.1. The lowest BCUT2D eigenvalue weighted by molar-refractivity contribution is 0.595. The second-order valence-electron chi connectivity index (χ2n) is 17.2. The molecule has 0 amide bonds. The highest BCUT2D eigenvalue weighted by molar-refractivity contribution is 5.99. The molecule has 11 aromatic rings. The van der Waals surface area contributed by atoms with Crippen molar-refractivity contribution in [2.45, 2.75) is 12.8 Å². The van der Waals surface area contributed by atoms with Crippen LogP contribution in [0.25, 0.3) is 94.6 Å². The topological polar surface area (TPSA) is 16.4 Å². The molecule has 0 saturated heterocycles. The van der Waals surface area contributed by atoms with Crippen LogP contribution in [0.4, 0.5) is 17.1 Å². The quantitative estimate of drug-likeness (QED) is 0.144. The minimum atomic E-state index is 0.947. The van der Waals surface area contributed by atoms with Crippen molar-refractivity contribution >= 4 is 44.9 Å². The van der Waals surface area contributed by atoms with E-state index < -0.39 is 0 Å². The van der Waals surface area contributed by atoms with Crippen molar-refractivity contribution in [1.29, 1.82) is 0 Å². The fourth-order valence-corrected chi connectivity index (χ4v) is 9.78. The highest BCUT2D eigenvalue weighted by atomic mass is 16.3. The van der Waals surface area contributed by atoms with Crippen LogP contribution in [-0.4, -0.2) is 0 Å². The van der Waals surface area contributed by atoms with Crippen LogP contribution in [0.15, 0.2) is 247 Å². The molecule has 312 valence electrons. The molecule has 0 atom stereocenters. The lowest BCUT2D eigenvalue weighted by Gasteiger charge is -2.28. The highest BCUT2D eigenvalue weighted by Crippen LogP contribution is 2.44. The smallest absolute Gasteiger partial charge is 0.135 e. The molecule has 2 heteroatoms. The predicted molar refractivity (Wildman–Crippen MR) is 278 cm³/mol. The first-order valence-corrected chi connectivity index (χ1v) is 22.9. The molecule has 10 aromatic carbocycles. The number of fused-ring (bicyclic) bond motifs is 4. The molecule has 2 nitrogen and oxygen atoms in total. The van der Waals surface area contributed by atoms with Gasteiger partial charge in [-0.3, -0.25) is 0 Å². The van der Waals surface area contributed by atoms with E-state index in [1.165, 1.54) is 77.4 Å². The van der Waals surface area contributed by atoms with E-state index in [2.05, 4.69) is 254 Å². The highest BCUT2D eigenvalue weighted by Gasteiger charge is 2.21. The van der Waals surface area contributed by atoms with Crippen LogP contribution in [0.1, 0.15) is 17.7 Å². The Kier molecular flexibility index (Phi) is 10.0. The minimum absolute atomic E-state index is 0.947. The van der Waals surface area contributed by atoms with E-state index in [-0.39, 0.29) is 0 Å². The monoisotopic (exact) mass is 843 g/mol. The van der Waals surface area contributed by atoms with E-state index in [1.807, 2.05) is 0 Å². The summed E-state index contributed by atoms with van der Waals surface area (Å²) in [5, 5.41) is 3.74. The molecular formula is C64H45NO. The molecule has 0 radical (unpaired) electrons. The van der Waals surface area contributed by atoms with Crippen LogP contribution in [0.3, 0.4) is 0 Å². The van der Waals surface area contributed by atoms with Gasteiger partial charge in [0.25, 0.3) is 0 Å². The SMILES string of the molecule is C1=Cc2oc3cccc(-c4ccc(N(c5ccc(-c6ccc(-c7cccc(-c8ccc9ccccc9c8)c7)cc6)cc5)c5ccccc5-c5ccc(-c6ccccc6)cc5)cc4)c3c2CC1. The van der Waals surface area contributed by atoms with Crippen LogP contribution in [-0.2, 0) is 6.42 Å². The van der Waals surface area contributed by atoms with Crippen LogP contribution in [0.2, 0.25) is 0 Å². The van der Waals surface area contributed by atoms with Gasteiger partial charge in [-0.25, -0.2) is 0 Å². The maximum absolute atomic E-state index is 6.32. The molecule has 0 fully saturated rings. The zero-order valence-corrected chi connectivity index (χ0v) is 36.4. The van der Waals surface area contributed by atoms with Gasteiger partial charge in [-0.05, 0) is 139 Å². The van der Waals surface area contributed by atoms with Gasteiger partial charge >= 0.3 is 0 Å². The Hall–Kier alpha value is -8.46. The maximum Gasteiger partial charge on any atom is 0.135 e. The summed E-state index contributed by atoms with van der Waals surface area (Å²) in [6, 6.07) is 85.9. The molecule has 0 aliphatic heterocycles. The number of hydrogen-bond donors (Lipinski definition) is 0. The van der Waals surface area contributed by atoms with Crippen molar-refractivity contribution in [3.05, 3.63) is 254 Å². The average Bonchev–Trinajstić information content (AvgIpc) is 3.79. The van der Waals surface area contributed by atoms with Gasteiger partial charge in [-0.2, -0.15) is 0 Å². The summed E-state index contributed by atoms with van der Waals surface area (Å²) in [6.07, 6.45) is 6.36. The predicted octanol–water partition coefficient (Wildman–Crippen LogP) is 18.0. The maximum atomic E-state index is 6.32. The fourth-order valence-electron chi connectivity index (χ4n) is 9.78. The van der Waals surface area contributed by atoms with Gasteiger partial charge in [0.2, 0.25) is 0 Å². The first-order chi connectivity index (χ1) is 32.7. The number of para-hydroxylation sites is 1. The van der Waals surface area contributed by atoms with E-state index in [1.54, 1.807) is 0 Å². The van der Waals surface area contributed by atoms with Crippen LogP contribution in [0.5, 0.6) is 0 Å². The van der Waals surface area contributed by atoms with Gasteiger partial charge in [0.15, 0.2) is 0 Å². The Morgan fingerprint density at radius 2 is 0.833 bits per heavy atom. The molecule has 1 heterocycles. The van der Waals surface area contributed by atoms with Crippen molar-refractivity contribution < 1.29 is 4.42 Å². The number of rotatable bonds is 9. The second kappa shape index (κ2) is 16.9. The summed E-state index contributed by atoms with van der Waals surface area (Å²) < 4.78 is 6.32. The summed E-state index contributed by atoms with van der Waals surface area (Å²) in [5.41, 5.74) is 19.8. The molecule has 0 spiro atoms. The Morgan fingerprint density at radius 1 is 0.348 bits per heavy atom. The number of aryl methyl sites for hydroxylation is 1. The largest absolute Gasteiger partial charge is 0.456 e. The van der Waals surface area contributed by atoms with Gasteiger partial charge < -0.3 is 9.32 Å². The van der Waals surface area contributed by atoms with Crippen LogP contribution in [0, 0.1) is 0 Å². The Morgan fingerprint density at radius 3 is 1.56 bits per heavy atom. The van der Waals surface area contributed by atoms with E-state index in [0.717, 1.165) is 52.4 Å². The van der Waals surface area contributed by atoms with Gasteiger partial charge in [0.1, 0.15) is 11.3 Å². The van der Waals surface area contributed by atoms with Gasteiger partial charge in [0, 0.05) is 27.9 Å². The van der Waals surface area contributed by atoms with Crippen LogP contribution < -0.4 is 4.90 Å². The zero-order chi connectivity index (χ0) is 43.8. The van der Waals surface area contributed by atoms with Crippen molar-refractivity contribution in [3.8, 4) is 66.8 Å². The average molecular weight is 844 g/mol. The number of hydrogen-bond acceptors (Lipinski definition) is 2. The van der Waals surface area contributed by atoms with Gasteiger partial charge in [-0.1, -0.05) is 194 Å². The second-order valence-corrected chi connectivity index (χ2v) is 17.2. The van der Waals surface area contributed by atoms with E-state index >= 15 is 0 Å². The molecular weight excluding hydrogens is 799 g/mol. The molecule has 66 heavy (non-hydrogen) atoms. The molecule has 12 rings (SSSR count). The summed E-state index contributed by atoms with van der Waals surface area (Å²) in [4.78, 5) is 2.39. The van der Waals surface area contributed by atoms with Crippen molar-refractivity contribution in [2.75, 3.05) is 4.90 Å². The Balaban J connectivity index is 0.887. The summed E-state index contributed by atoms with van der Waals surface area (Å²) in [5.74, 6) is 0.988. The Bertz CT molecular complexity index is 3540. The molecule has 0 N–H and O–H groups in total. The first kappa shape index (κ1) is 39.2. The van der Waals surface area contributed by atoms with Crippen LogP contribution >= 0.6 is 0 Å². The molecule has 0 unspecified atom stereocenters. The molecule has 1 aromatic heterocycles. The first-order valence-electron chi connectivity index (χ1n) is 22.9. The minimum Gasteiger partial charge on any atom is -0.456 e. The summed E-state index contributed by atoms with van der Waals surface area (Å²) in [6.45, 7) is 0. The third kappa shape index (κ3) is 7.39. The Labute approximate surface area is 386 Å². The third-order valence-electron chi connectivity index (χ3n) is 13.2. The lowest BCUT2D eigenvalue weighted by atomic mass is 9.94. The number of furan rings is 1. The number of anilines is 3. The van der Waals surface area contributed by atoms with E-state index in [4.69, 9.17) is 4.42 Å². The summed E-state index contributed by atoms with van der Waals surface area (Å²) in [7, 11) is 0. The third-order valence-corrected chi connectivity index (χ3v) is 13.2. The molecule has 0 bridgehead atoms. The summed E-state index contributed by atoms with van der Waals surface area (Å²) >= 11 is 0. The number of benzene rings is 10. The molecule has 1 aliphatic carbocycles.